The molecule has 0 radical (unpaired) electrons. The molecular weight excluding hydrogens is 304 g/mol. The van der Waals surface area contributed by atoms with Gasteiger partial charge in [-0.25, -0.2) is 0 Å². The van der Waals surface area contributed by atoms with Gasteiger partial charge in [-0.1, -0.05) is 34.1 Å². The van der Waals surface area contributed by atoms with E-state index in [0.29, 0.717) is 0 Å². The average Bonchev–Trinajstić information content (AvgIpc) is 3.14. The Bertz CT molecular complexity index is 743. The Morgan fingerprint density at radius 1 is 1.21 bits per heavy atom. The average molecular weight is 328 g/mol. The maximum atomic E-state index is 13.0. The fourth-order valence-corrected chi connectivity index (χ4v) is 6.16. The molecule has 5 atom stereocenters. The van der Waals surface area contributed by atoms with E-state index >= 15 is 0 Å². The number of ether oxygens (including phenoxy) is 2. The molecule has 5 aliphatic rings. The lowest BCUT2D eigenvalue weighted by atomic mass is 9.47. The van der Waals surface area contributed by atoms with Gasteiger partial charge in [0.2, 0.25) is 0 Å². The summed E-state index contributed by atoms with van der Waals surface area (Å²) in [6.45, 7) is 8.52. The van der Waals surface area contributed by atoms with Crippen LogP contribution in [0.3, 0.4) is 0 Å². The smallest absolute Gasteiger partial charge is 0.317 e. The number of hydrogen-bond donors (Lipinski definition) is 0. The third-order valence-electron chi connectivity index (χ3n) is 7.14. The second-order valence-electron chi connectivity index (χ2n) is 9.17. The third-order valence-corrected chi connectivity index (χ3v) is 7.14. The standard InChI is InChI=1S/C20H24O4/c1-10(2)11-9-20-13(8-12(11)21)19-7-5-6-18(3,4)15(19)14(16(20)24-20)23-17(19)22/h8-10,14-16H,5-7H2,1-4H3/t14-,15-,16-,19-,20+/m0/s1. The highest BCUT2D eigenvalue weighted by atomic mass is 16.7. The molecule has 5 rings (SSSR count). The van der Waals surface area contributed by atoms with Crippen LogP contribution in [0.15, 0.2) is 23.3 Å². The SMILES string of the molecule is CC(C)C1=C[C@]23O[C@H]2[C@H]2OC(=O)[C@@]4(CCCC(C)(C)[C@H]24)C3=CC1=O. The Morgan fingerprint density at radius 3 is 2.67 bits per heavy atom. The van der Waals surface area contributed by atoms with E-state index in [1.54, 1.807) is 6.08 Å². The van der Waals surface area contributed by atoms with E-state index in [1.165, 1.54) is 0 Å². The molecule has 4 fully saturated rings. The number of hydrogen-bond acceptors (Lipinski definition) is 4. The van der Waals surface area contributed by atoms with Gasteiger partial charge < -0.3 is 9.47 Å². The molecule has 2 saturated heterocycles. The lowest BCUT2D eigenvalue weighted by Gasteiger charge is -2.51. The van der Waals surface area contributed by atoms with Gasteiger partial charge in [0.15, 0.2) is 5.78 Å². The second kappa shape index (κ2) is 4.04. The molecule has 0 unspecified atom stereocenters. The van der Waals surface area contributed by atoms with Crippen molar-refractivity contribution in [3.63, 3.8) is 0 Å². The van der Waals surface area contributed by atoms with E-state index in [2.05, 4.69) is 13.8 Å². The minimum Gasteiger partial charge on any atom is -0.458 e. The molecule has 0 aromatic carbocycles. The first-order valence-electron chi connectivity index (χ1n) is 9.13. The molecule has 0 N–H and O–H groups in total. The Balaban J connectivity index is 1.73. The molecule has 0 aromatic heterocycles. The molecule has 3 aliphatic carbocycles. The minimum atomic E-state index is -0.659. The summed E-state index contributed by atoms with van der Waals surface area (Å²) in [7, 11) is 0. The van der Waals surface area contributed by atoms with Crippen molar-refractivity contribution in [3.05, 3.63) is 23.3 Å². The Morgan fingerprint density at radius 2 is 1.96 bits per heavy atom. The largest absolute Gasteiger partial charge is 0.458 e. The summed E-state index contributed by atoms with van der Waals surface area (Å²) in [5.74, 6) is 0.178. The van der Waals surface area contributed by atoms with Gasteiger partial charge >= 0.3 is 5.97 Å². The van der Waals surface area contributed by atoms with E-state index in [4.69, 9.17) is 9.47 Å². The van der Waals surface area contributed by atoms with Crippen LogP contribution in [-0.2, 0) is 19.1 Å². The fourth-order valence-electron chi connectivity index (χ4n) is 6.16. The summed E-state index contributed by atoms with van der Waals surface area (Å²) in [5.41, 5.74) is 0.491. The zero-order chi connectivity index (χ0) is 17.1. The molecule has 0 amide bonds. The zero-order valence-corrected chi connectivity index (χ0v) is 14.7. The van der Waals surface area contributed by atoms with Crippen LogP contribution in [0, 0.1) is 22.7 Å². The maximum absolute atomic E-state index is 13.0. The number of carbonyl (C=O) groups is 2. The molecule has 2 saturated carbocycles. The van der Waals surface area contributed by atoms with Crippen LogP contribution in [0.5, 0.6) is 0 Å². The van der Waals surface area contributed by atoms with Crippen molar-refractivity contribution in [2.75, 3.05) is 0 Å². The van der Waals surface area contributed by atoms with Crippen molar-refractivity contribution in [1.82, 2.24) is 0 Å². The molecular formula is C20H24O4. The lowest BCUT2D eigenvalue weighted by Crippen LogP contribution is -2.56. The fraction of sp³-hybridized carbons (Fsp3) is 0.700. The van der Waals surface area contributed by atoms with Crippen LogP contribution in [0.2, 0.25) is 0 Å². The molecule has 2 aliphatic heterocycles. The topological polar surface area (TPSA) is 55.9 Å². The second-order valence-corrected chi connectivity index (χ2v) is 9.17. The molecule has 1 spiro atoms. The van der Waals surface area contributed by atoms with Crippen molar-refractivity contribution in [2.24, 2.45) is 22.7 Å². The zero-order valence-electron chi connectivity index (χ0n) is 14.7. The first-order valence-corrected chi connectivity index (χ1v) is 9.13. The van der Waals surface area contributed by atoms with E-state index in [-0.39, 0.29) is 41.2 Å². The summed E-state index contributed by atoms with van der Waals surface area (Å²) in [6.07, 6.45) is 6.29. The van der Waals surface area contributed by atoms with E-state index < -0.39 is 11.0 Å². The molecule has 2 bridgehead atoms. The highest BCUT2D eigenvalue weighted by Crippen LogP contribution is 2.73. The number of epoxide rings is 1. The Hall–Kier alpha value is -1.42. The van der Waals surface area contributed by atoms with Gasteiger partial charge in [-0.2, -0.15) is 0 Å². The van der Waals surface area contributed by atoms with Gasteiger partial charge in [-0.15, -0.1) is 0 Å². The summed E-state index contributed by atoms with van der Waals surface area (Å²) in [5, 5.41) is 0. The van der Waals surface area contributed by atoms with Gasteiger partial charge in [0.1, 0.15) is 17.8 Å². The van der Waals surface area contributed by atoms with E-state index in [0.717, 1.165) is 30.4 Å². The number of carbonyl (C=O) groups excluding carboxylic acids is 2. The lowest BCUT2D eigenvalue weighted by molar-refractivity contribution is -0.148. The maximum Gasteiger partial charge on any atom is 0.317 e. The van der Waals surface area contributed by atoms with Gasteiger partial charge in [0.05, 0.1) is 5.41 Å². The first-order chi connectivity index (χ1) is 11.2. The monoisotopic (exact) mass is 328 g/mol. The number of esters is 1. The van der Waals surface area contributed by atoms with E-state index in [9.17, 15) is 9.59 Å². The molecule has 4 heteroatoms. The number of allylic oxidation sites excluding steroid dienone is 2. The normalized spacial score (nSPS) is 47.3. The Kier molecular flexibility index (Phi) is 2.50. The summed E-state index contributed by atoms with van der Waals surface area (Å²) >= 11 is 0. The first kappa shape index (κ1) is 14.9. The van der Waals surface area contributed by atoms with Crippen LogP contribution < -0.4 is 0 Å². The molecule has 2 heterocycles. The molecule has 24 heavy (non-hydrogen) atoms. The van der Waals surface area contributed by atoms with Gasteiger partial charge in [-0.05, 0) is 41.9 Å². The van der Waals surface area contributed by atoms with Crippen LogP contribution in [-0.4, -0.2) is 29.6 Å². The van der Waals surface area contributed by atoms with Crippen LogP contribution in [0.4, 0.5) is 0 Å². The van der Waals surface area contributed by atoms with Crippen LogP contribution in [0.1, 0.15) is 47.0 Å². The summed E-state index contributed by atoms with van der Waals surface area (Å²) in [4.78, 5) is 25.7. The number of ketones is 1. The molecule has 128 valence electrons. The van der Waals surface area contributed by atoms with Crippen LogP contribution in [0.25, 0.3) is 0 Å². The summed E-state index contributed by atoms with van der Waals surface area (Å²) in [6, 6.07) is 0. The summed E-state index contributed by atoms with van der Waals surface area (Å²) < 4.78 is 12.1. The minimum absolute atomic E-state index is 0.0130. The quantitative estimate of drug-likeness (QED) is 0.548. The predicted octanol–water partition coefficient (Wildman–Crippen LogP) is 2.97. The third kappa shape index (κ3) is 1.42. The van der Waals surface area contributed by atoms with Gasteiger partial charge in [0, 0.05) is 11.5 Å². The van der Waals surface area contributed by atoms with E-state index in [1.807, 2.05) is 19.9 Å². The molecule has 4 nitrogen and oxygen atoms in total. The van der Waals surface area contributed by atoms with Crippen molar-refractivity contribution < 1.29 is 19.1 Å². The number of rotatable bonds is 1. The van der Waals surface area contributed by atoms with Gasteiger partial charge in [-0.3, -0.25) is 9.59 Å². The highest BCUT2D eigenvalue weighted by Gasteiger charge is 2.82. The van der Waals surface area contributed by atoms with Gasteiger partial charge in [0.25, 0.3) is 0 Å². The van der Waals surface area contributed by atoms with Crippen molar-refractivity contribution in [2.45, 2.75) is 64.8 Å². The Labute approximate surface area is 142 Å². The highest BCUT2D eigenvalue weighted by molar-refractivity contribution is 6.08. The number of fused-ring (bicyclic) bond motifs is 1. The predicted molar refractivity (Wildman–Crippen MR) is 87.1 cm³/mol. The van der Waals surface area contributed by atoms with Crippen molar-refractivity contribution >= 4 is 11.8 Å². The van der Waals surface area contributed by atoms with Crippen molar-refractivity contribution in [3.8, 4) is 0 Å². The van der Waals surface area contributed by atoms with Crippen LogP contribution >= 0.6 is 0 Å². The van der Waals surface area contributed by atoms with Crippen molar-refractivity contribution in [1.29, 1.82) is 0 Å². The molecule has 0 aromatic rings.